The number of amides is 4. The number of nitrogens with zero attached hydrogens (tertiary/aromatic N) is 3. The summed E-state index contributed by atoms with van der Waals surface area (Å²) in [4.78, 5) is 55.1. The Kier molecular flexibility index (Phi) is 4.88. The van der Waals surface area contributed by atoms with Crippen LogP contribution in [0.1, 0.15) is 38.0 Å². The summed E-state index contributed by atoms with van der Waals surface area (Å²) >= 11 is 0. The second kappa shape index (κ2) is 7.50. The summed E-state index contributed by atoms with van der Waals surface area (Å²) in [7, 11) is 0. The minimum atomic E-state index is -0.890. The van der Waals surface area contributed by atoms with Crippen molar-refractivity contribution in [3.05, 3.63) is 71.3 Å². The van der Waals surface area contributed by atoms with Crippen molar-refractivity contribution in [2.24, 2.45) is 0 Å². The largest absolute Gasteiger partial charge is 0.337 e. The minimum absolute atomic E-state index is 0.0638. The van der Waals surface area contributed by atoms with Gasteiger partial charge in [0, 0.05) is 31.7 Å². The summed E-state index contributed by atoms with van der Waals surface area (Å²) in [6, 6.07) is 14.7. The topological polar surface area (TPSA) is 78.0 Å². The number of carbonyl (C=O) groups is 4. The third kappa shape index (κ3) is 3.29. The average Bonchev–Trinajstić information content (AvgIpc) is 3.03. The monoisotopic (exact) mass is 391 g/mol. The smallest absolute Gasteiger partial charge is 0.262 e. The quantitative estimate of drug-likeness (QED) is 0.746. The maximum atomic E-state index is 13.0. The molecule has 4 rings (SSSR count). The highest BCUT2D eigenvalue weighted by Crippen LogP contribution is 2.25. The van der Waals surface area contributed by atoms with Crippen LogP contribution in [0.25, 0.3) is 0 Å². The van der Waals surface area contributed by atoms with Crippen LogP contribution in [-0.2, 0) is 4.79 Å². The summed E-state index contributed by atoms with van der Waals surface area (Å²) in [6.07, 6.45) is 0. The molecule has 7 nitrogen and oxygen atoms in total. The number of carbonyl (C=O) groups excluding carboxylic acids is 4. The average molecular weight is 391 g/mol. The molecule has 2 aromatic carbocycles. The lowest BCUT2D eigenvalue weighted by Crippen LogP contribution is -2.56. The molecule has 0 unspecified atom stereocenters. The molecule has 2 aromatic rings. The molecule has 29 heavy (non-hydrogen) atoms. The van der Waals surface area contributed by atoms with E-state index in [-0.39, 0.29) is 11.8 Å². The molecule has 0 N–H and O–H groups in total. The fraction of sp³-hybridized carbons (Fsp3) is 0.273. The van der Waals surface area contributed by atoms with E-state index >= 15 is 0 Å². The summed E-state index contributed by atoms with van der Waals surface area (Å²) in [5.74, 6) is -1.23. The first kappa shape index (κ1) is 18.9. The zero-order valence-corrected chi connectivity index (χ0v) is 16.1. The summed E-state index contributed by atoms with van der Waals surface area (Å²) in [5.41, 5.74) is 1.28. The van der Waals surface area contributed by atoms with Crippen molar-refractivity contribution < 1.29 is 19.2 Å². The van der Waals surface area contributed by atoms with Crippen molar-refractivity contribution in [2.75, 3.05) is 26.2 Å². The highest BCUT2D eigenvalue weighted by molar-refractivity contribution is 6.22. The molecule has 2 aliphatic heterocycles. The van der Waals surface area contributed by atoms with Crippen LogP contribution in [0.15, 0.2) is 54.6 Å². The Morgan fingerprint density at radius 3 is 1.79 bits per heavy atom. The Hall–Kier alpha value is -3.48. The first-order chi connectivity index (χ1) is 14.0. The summed E-state index contributed by atoms with van der Waals surface area (Å²) < 4.78 is 0. The fourth-order valence-electron chi connectivity index (χ4n) is 3.83. The van der Waals surface area contributed by atoms with Crippen LogP contribution in [0.4, 0.5) is 0 Å². The molecule has 0 bridgehead atoms. The molecule has 0 aromatic heterocycles. The lowest BCUT2D eigenvalue weighted by Gasteiger charge is -2.37. The zero-order chi connectivity index (χ0) is 20.5. The normalized spacial score (nSPS) is 17.3. The molecule has 7 heteroatoms. The van der Waals surface area contributed by atoms with E-state index in [9.17, 15) is 19.2 Å². The van der Waals surface area contributed by atoms with Gasteiger partial charge in [-0.2, -0.15) is 0 Å². The van der Waals surface area contributed by atoms with Crippen LogP contribution >= 0.6 is 0 Å². The van der Waals surface area contributed by atoms with Crippen molar-refractivity contribution in [1.29, 1.82) is 0 Å². The van der Waals surface area contributed by atoms with E-state index in [2.05, 4.69) is 0 Å². The van der Waals surface area contributed by atoms with E-state index < -0.39 is 17.9 Å². The molecule has 2 aliphatic rings. The number of fused-ring (bicyclic) bond motifs is 1. The third-order valence-corrected chi connectivity index (χ3v) is 5.47. The molecular weight excluding hydrogens is 370 g/mol. The molecule has 0 radical (unpaired) electrons. The molecule has 148 valence electrons. The van der Waals surface area contributed by atoms with Crippen LogP contribution in [0, 0.1) is 0 Å². The van der Waals surface area contributed by atoms with Gasteiger partial charge in [-0.15, -0.1) is 0 Å². The lowest BCUT2D eigenvalue weighted by atomic mass is 10.1. The Balaban J connectivity index is 1.41. The molecule has 4 amide bonds. The maximum absolute atomic E-state index is 13.0. The van der Waals surface area contributed by atoms with Gasteiger partial charge in [0.15, 0.2) is 0 Å². The van der Waals surface area contributed by atoms with Crippen molar-refractivity contribution in [1.82, 2.24) is 14.7 Å². The van der Waals surface area contributed by atoms with Crippen LogP contribution in [0.2, 0.25) is 0 Å². The highest BCUT2D eigenvalue weighted by Gasteiger charge is 2.42. The van der Waals surface area contributed by atoms with Gasteiger partial charge in [-0.1, -0.05) is 30.3 Å². The Bertz CT molecular complexity index is 946. The number of benzene rings is 2. The Labute approximate surface area is 168 Å². The SMILES string of the molecule is C[C@@H](C(=O)N1CCN(C(=O)c2ccccc2)CC1)N1C(=O)c2ccccc2C1=O. The van der Waals surface area contributed by atoms with Gasteiger partial charge >= 0.3 is 0 Å². The molecule has 0 aliphatic carbocycles. The number of imide groups is 1. The van der Waals surface area contributed by atoms with Gasteiger partial charge in [-0.25, -0.2) is 0 Å². The van der Waals surface area contributed by atoms with Gasteiger partial charge in [0.1, 0.15) is 6.04 Å². The van der Waals surface area contributed by atoms with Gasteiger partial charge in [0.05, 0.1) is 11.1 Å². The number of rotatable bonds is 3. The molecule has 0 spiro atoms. The second-order valence-electron chi connectivity index (χ2n) is 7.19. The van der Waals surface area contributed by atoms with Crippen molar-refractivity contribution in [3.8, 4) is 0 Å². The van der Waals surface area contributed by atoms with E-state index in [4.69, 9.17) is 0 Å². The van der Waals surface area contributed by atoms with Gasteiger partial charge in [-0.3, -0.25) is 24.1 Å². The summed E-state index contributed by atoms with van der Waals surface area (Å²) in [5, 5.41) is 0. The van der Waals surface area contributed by atoms with Crippen molar-refractivity contribution >= 4 is 23.6 Å². The number of hydrogen-bond donors (Lipinski definition) is 0. The molecule has 2 heterocycles. The molecule has 0 saturated carbocycles. The first-order valence-electron chi connectivity index (χ1n) is 9.59. The Morgan fingerprint density at radius 2 is 1.24 bits per heavy atom. The first-order valence-corrected chi connectivity index (χ1v) is 9.59. The fourth-order valence-corrected chi connectivity index (χ4v) is 3.83. The van der Waals surface area contributed by atoms with Crippen LogP contribution < -0.4 is 0 Å². The maximum Gasteiger partial charge on any atom is 0.262 e. The molecule has 1 atom stereocenters. The van der Waals surface area contributed by atoms with Crippen LogP contribution in [0.5, 0.6) is 0 Å². The zero-order valence-electron chi connectivity index (χ0n) is 16.1. The number of hydrogen-bond acceptors (Lipinski definition) is 4. The van der Waals surface area contributed by atoms with Gasteiger partial charge in [0.25, 0.3) is 17.7 Å². The summed E-state index contributed by atoms with van der Waals surface area (Å²) in [6.45, 7) is 3.13. The van der Waals surface area contributed by atoms with E-state index in [1.165, 1.54) is 0 Å². The molecule has 1 fully saturated rings. The third-order valence-electron chi connectivity index (χ3n) is 5.47. The molecule has 1 saturated heterocycles. The lowest BCUT2D eigenvalue weighted by molar-refractivity contribution is -0.136. The van der Waals surface area contributed by atoms with E-state index in [1.807, 2.05) is 18.2 Å². The van der Waals surface area contributed by atoms with Crippen molar-refractivity contribution in [2.45, 2.75) is 13.0 Å². The van der Waals surface area contributed by atoms with E-state index in [0.29, 0.717) is 42.9 Å². The predicted molar refractivity (Wildman–Crippen MR) is 105 cm³/mol. The van der Waals surface area contributed by atoms with Gasteiger partial charge < -0.3 is 9.80 Å². The highest BCUT2D eigenvalue weighted by atomic mass is 16.2. The Morgan fingerprint density at radius 1 is 0.759 bits per heavy atom. The number of piperazine rings is 1. The van der Waals surface area contributed by atoms with Gasteiger partial charge in [0.2, 0.25) is 5.91 Å². The standard InChI is InChI=1S/C22H21N3O4/c1-15(25-21(28)17-9-5-6-10-18(17)22(25)29)19(26)23-11-13-24(14-12-23)20(27)16-7-3-2-4-8-16/h2-10,15H,11-14H2,1H3/t15-/m0/s1. The second-order valence-corrected chi connectivity index (χ2v) is 7.19. The van der Waals surface area contributed by atoms with Crippen LogP contribution in [0.3, 0.4) is 0 Å². The van der Waals surface area contributed by atoms with E-state index in [1.54, 1.807) is 53.1 Å². The van der Waals surface area contributed by atoms with Crippen molar-refractivity contribution in [3.63, 3.8) is 0 Å². The van der Waals surface area contributed by atoms with Gasteiger partial charge in [-0.05, 0) is 31.2 Å². The van der Waals surface area contributed by atoms with Crippen LogP contribution in [-0.4, -0.2) is 70.5 Å². The molecular formula is C22H21N3O4. The van der Waals surface area contributed by atoms with E-state index in [0.717, 1.165) is 4.90 Å². The predicted octanol–water partition coefficient (Wildman–Crippen LogP) is 1.66. The minimum Gasteiger partial charge on any atom is -0.337 e.